The Labute approximate surface area is 126 Å². The number of hydrogen-bond acceptors (Lipinski definition) is 5. The van der Waals surface area contributed by atoms with Crippen LogP contribution in [0.15, 0.2) is 42.2 Å². The van der Waals surface area contributed by atoms with E-state index in [4.69, 9.17) is 11.6 Å². The molecule has 0 atom stereocenters. The molecule has 2 aromatic rings. The van der Waals surface area contributed by atoms with E-state index in [1.165, 1.54) is 10.9 Å². The summed E-state index contributed by atoms with van der Waals surface area (Å²) in [4.78, 5) is 15.1. The van der Waals surface area contributed by atoms with Gasteiger partial charge in [0.1, 0.15) is 4.91 Å². The lowest BCUT2D eigenvalue weighted by molar-refractivity contribution is -0.112. The zero-order valence-electron chi connectivity index (χ0n) is 10.9. The Hall–Kier alpha value is -2.19. The minimum atomic E-state index is -3.67. The van der Waals surface area contributed by atoms with Gasteiger partial charge in [-0.3, -0.25) is 9.78 Å². The molecule has 0 fully saturated rings. The van der Waals surface area contributed by atoms with E-state index in [1.54, 1.807) is 24.5 Å². The Bertz CT molecular complexity index is 799. The molecule has 0 saturated carbocycles. The fraction of sp³-hybridized carbons (Fsp3) is 0.0833. The third kappa shape index (κ3) is 3.47. The van der Waals surface area contributed by atoms with Gasteiger partial charge in [0.05, 0.1) is 23.8 Å². The second-order valence-electron chi connectivity index (χ2n) is 4.14. The first-order valence-corrected chi connectivity index (χ1v) is 7.92. The van der Waals surface area contributed by atoms with Gasteiger partial charge in [-0.25, -0.2) is 13.1 Å². The summed E-state index contributed by atoms with van der Waals surface area (Å²) in [7, 11) is -3.67. The zero-order chi connectivity index (χ0) is 15.6. The van der Waals surface area contributed by atoms with Crippen molar-refractivity contribution in [1.82, 2.24) is 14.8 Å². The number of carbonyl (C=O) groups is 1. The molecule has 2 rings (SSSR count). The number of amides is 1. The molecule has 0 bridgehead atoms. The Morgan fingerprint density at radius 1 is 1.48 bits per heavy atom. The lowest BCUT2D eigenvalue weighted by atomic mass is 10.4. The molecule has 21 heavy (non-hydrogen) atoms. The van der Waals surface area contributed by atoms with Gasteiger partial charge >= 0.3 is 0 Å². The molecule has 9 heteroatoms. The predicted octanol–water partition coefficient (Wildman–Crippen LogP) is 1.42. The second kappa shape index (κ2) is 5.66. The van der Waals surface area contributed by atoms with Gasteiger partial charge in [0.2, 0.25) is 0 Å². The molecule has 0 radical (unpaired) electrons. The number of rotatable bonds is 4. The molecule has 2 heterocycles. The van der Waals surface area contributed by atoms with Gasteiger partial charge in [-0.15, -0.1) is 0 Å². The largest absolute Gasteiger partial charge is 0.317 e. The third-order valence-electron chi connectivity index (χ3n) is 2.53. The van der Waals surface area contributed by atoms with Gasteiger partial charge in [0, 0.05) is 12.5 Å². The maximum Gasteiger partial charge on any atom is 0.266 e. The molecule has 0 spiro atoms. The number of nitrogens with zero attached hydrogens (tertiary/aromatic N) is 3. The van der Waals surface area contributed by atoms with E-state index in [-0.39, 0.29) is 10.8 Å². The topological polar surface area (TPSA) is 93.9 Å². The van der Waals surface area contributed by atoms with Crippen LogP contribution in [-0.4, -0.2) is 35.3 Å². The van der Waals surface area contributed by atoms with E-state index in [0.29, 0.717) is 5.69 Å². The zero-order valence-corrected chi connectivity index (χ0v) is 12.5. The Morgan fingerprint density at radius 2 is 2.19 bits per heavy atom. The molecule has 0 unspecified atom stereocenters. The van der Waals surface area contributed by atoms with Crippen molar-refractivity contribution in [2.24, 2.45) is 0 Å². The average molecular weight is 327 g/mol. The highest BCUT2D eigenvalue weighted by atomic mass is 35.5. The number of pyridine rings is 1. The first kappa shape index (κ1) is 15.2. The van der Waals surface area contributed by atoms with Crippen molar-refractivity contribution in [1.29, 1.82) is 0 Å². The minimum Gasteiger partial charge on any atom is -0.317 e. The number of hydrogen-bond donors (Lipinski definition) is 1. The van der Waals surface area contributed by atoms with Crippen LogP contribution in [0.25, 0.3) is 5.69 Å². The number of aromatic nitrogens is 3. The molecule has 7 nitrogen and oxygen atoms in total. The highest BCUT2D eigenvalue weighted by Crippen LogP contribution is 2.22. The van der Waals surface area contributed by atoms with Gasteiger partial charge in [0.25, 0.3) is 5.91 Å². The van der Waals surface area contributed by atoms with Gasteiger partial charge in [-0.2, -0.15) is 5.10 Å². The fourth-order valence-corrected chi connectivity index (χ4v) is 1.98. The summed E-state index contributed by atoms with van der Waals surface area (Å²) in [5.74, 6) is -0.856. The predicted molar refractivity (Wildman–Crippen MR) is 79.0 cm³/mol. The Morgan fingerprint density at radius 3 is 2.76 bits per heavy atom. The maximum absolute atomic E-state index is 11.8. The van der Waals surface area contributed by atoms with Crippen molar-refractivity contribution >= 4 is 33.0 Å². The van der Waals surface area contributed by atoms with E-state index in [9.17, 15) is 13.2 Å². The molecule has 0 aliphatic heterocycles. The van der Waals surface area contributed by atoms with Crippen molar-refractivity contribution in [3.63, 3.8) is 0 Å². The molecular weight excluding hydrogens is 316 g/mol. The average Bonchev–Trinajstić information content (AvgIpc) is 2.79. The first-order chi connectivity index (χ1) is 9.79. The van der Waals surface area contributed by atoms with Crippen molar-refractivity contribution in [2.45, 2.75) is 0 Å². The quantitative estimate of drug-likeness (QED) is 0.857. The summed E-state index contributed by atoms with van der Waals surface area (Å²) in [6.07, 6.45) is 5.51. The minimum absolute atomic E-state index is 0.0218. The standard InChI is InChI=1S/C12H11ClN4O3S/c1-8(21(2,19)20)12(18)15-10-7-17(16-11(10)13)9-4-3-5-14-6-9/h3-7H,1H2,2H3,(H,15,18). The SMILES string of the molecule is C=C(C(=O)Nc1cn(-c2cccnc2)nc1Cl)S(C)(=O)=O. The Balaban J connectivity index is 2.25. The molecule has 2 aromatic heterocycles. The smallest absolute Gasteiger partial charge is 0.266 e. The van der Waals surface area contributed by atoms with Gasteiger partial charge < -0.3 is 5.32 Å². The number of anilines is 1. The van der Waals surface area contributed by atoms with E-state index in [1.807, 2.05) is 0 Å². The van der Waals surface area contributed by atoms with Crippen molar-refractivity contribution < 1.29 is 13.2 Å². The molecule has 0 aliphatic rings. The summed E-state index contributed by atoms with van der Waals surface area (Å²) in [5, 5.41) is 6.38. The summed E-state index contributed by atoms with van der Waals surface area (Å²) in [6.45, 7) is 3.24. The first-order valence-electron chi connectivity index (χ1n) is 5.65. The summed E-state index contributed by atoms with van der Waals surface area (Å²) >= 11 is 5.91. The van der Waals surface area contributed by atoms with Crippen molar-refractivity contribution in [3.8, 4) is 5.69 Å². The van der Waals surface area contributed by atoms with Crippen LogP contribution in [0.2, 0.25) is 5.15 Å². The lowest BCUT2D eigenvalue weighted by Gasteiger charge is -2.03. The van der Waals surface area contributed by atoms with Crippen LogP contribution < -0.4 is 5.32 Å². The maximum atomic E-state index is 11.8. The van der Waals surface area contributed by atoms with Crippen molar-refractivity contribution in [2.75, 3.05) is 11.6 Å². The van der Waals surface area contributed by atoms with Crippen LogP contribution in [0.5, 0.6) is 0 Å². The van der Waals surface area contributed by atoms with E-state index >= 15 is 0 Å². The van der Waals surface area contributed by atoms with Crippen LogP contribution in [0.1, 0.15) is 0 Å². The number of sulfone groups is 1. The highest BCUT2D eigenvalue weighted by Gasteiger charge is 2.20. The van der Waals surface area contributed by atoms with Gasteiger partial charge in [0.15, 0.2) is 15.0 Å². The summed E-state index contributed by atoms with van der Waals surface area (Å²) in [6, 6.07) is 3.46. The molecule has 0 aromatic carbocycles. The summed E-state index contributed by atoms with van der Waals surface area (Å²) in [5.41, 5.74) is 0.817. The molecule has 1 amide bonds. The van der Waals surface area contributed by atoms with E-state index in [2.05, 4.69) is 22.0 Å². The van der Waals surface area contributed by atoms with Gasteiger partial charge in [-0.05, 0) is 12.1 Å². The van der Waals surface area contributed by atoms with E-state index in [0.717, 1.165) is 6.26 Å². The van der Waals surface area contributed by atoms with Crippen LogP contribution in [0, 0.1) is 0 Å². The Kier molecular flexibility index (Phi) is 4.10. The van der Waals surface area contributed by atoms with Crippen molar-refractivity contribution in [3.05, 3.63) is 47.4 Å². The van der Waals surface area contributed by atoms with Crippen LogP contribution in [0.4, 0.5) is 5.69 Å². The third-order valence-corrected chi connectivity index (χ3v) is 3.89. The van der Waals surface area contributed by atoms with Crippen LogP contribution in [0.3, 0.4) is 0 Å². The molecule has 0 saturated heterocycles. The number of nitrogens with one attached hydrogen (secondary N) is 1. The summed E-state index contributed by atoms with van der Waals surface area (Å²) < 4.78 is 23.9. The highest BCUT2D eigenvalue weighted by molar-refractivity contribution is 7.95. The number of halogens is 1. The number of carbonyl (C=O) groups excluding carboxylic acids is 1. The lowest BCUT2D eigenvalue weighted by Crippen LogP contribution is -2.19. The van der Waals surface area contributed by atoms with E-state index < -0.39 is 20.6 Å². The second-order valence-corrected chi connectivity index (χ2v) is 6.53. The van der Waals surface area contributed by atoms with Gasteiger partial charge in [-0.1, -0.05) is 18.2 Å². The molecule has 1 N–H and O–H groups in total. The monoisotopic (exact) mass is 326 g/mol. The molecular formula is C12H11ClN4O3S. The normalized spacial score (nSPS) is 11.1. The van der Waals surface area contributed by atoms with Crippen LogP contribution in [-0.2, 0) is 14.6 Å². The van der Waals surface area contributed by atoms with Crippen LogP contribution >= 0.6 is 11.6 Å². The molecule has 110 valence electrons. The fourth-order valence-electron chi connectivity index (χ4n) is 1.42. The molecule has 0 aliphatic carbocycles.